The van der Waals surface area contributed by atoms with Crippen LogP contribution in [-0.4, -0.2) is 36.4 Å². The fourth-order valence-corrected chi connectivity index (χ4v) is 1.38. The molecule has 0 atom stereocenters. The van der Waals surface area contributed by atoms with Crippen molar-refractivity contribution < 1.29 is 14.2 Å². The maximum Gasteiger partial charge on any atom is 0.213 e. The van der Waals surface area contributed by atoms with Crippen molar-refractivity contribution in [3.63, 3.8) is 0 Å². The van der Waals surface area contributed by atoms with Crippen LogP contribution in [0.15, 0.2) is 48.8 Å². The van der Waals surface area contributed by atoms with Crippen molar-refractivity contribution >= 4 is 0 Å². The first-order valence-electron chi connectivity index (χ1n) is 6.10. The van der Waals surface area contributed by atoms with Crippen LogP contribution >= 0.6 is 0 Å². The molecule has 2 heterocycles. The van der Waals surface area contributed by atoms with Gasteiger partial charge < -0.3 is 14.2 Å². The Balaban J connectivity index is 1.49. The summed E-state index contributed by atoms with van der Waals surface area (Å²) in [6, 6.07) is 11.1. The Labute approximate surface area is 112 Å². The second-order valence-electron chi connectivity index (χ2n) is 3.65. The SMILES string of the molecule is c1ccc(OCCOCCOc2ccccn2)nc1. The number of nitrogens with zero attached hydrogens (tertiary/aromatic N) is 2. The summed E-state index contributed by atoms with van der Waals surface area (Å²) in [5, 5.41) is 0. The van der Waals surface area contributed by atoms with Crippen LogP contribution in [0.25, 0.3) is 0 Å². The summed E-state index contributed by atoms with van der Waals surface area (Å²) in [4.78, 5) is 8.08. The average Bonchev–Trinajstić information content (AvgIpc) is 2.48. The number of hydrogen-bond acceptors (Lipinski definition) is 5. The highest BCUT2D eigenvalue weighted by Crippen LogP contribution is 2.03. The molecule has 0 N–H and O–H groups in total. The molecule has 0 saturated carbocycles. The minimum absolute atomic E-state index is 0.473. The van der Waals surface area contributed by atoms with Crippen molar-refractivity contribution in [1.82, 2.24) is 9.97 Å². The highest BCUT2D eigenvalue weighted by Gasteiger charge is 1.95. The molecule has 0 aliphatic heterocycles. The molecule has 100 valence electrons. The molecule has 0 amide bonds. The van der Waals surface area contributed by atoms with Gasteiger partial charge in [-0.1, -0.05) is 12.1 Å². The van der Waals surface area contributed by atoms with Crippen molar-refractivity contribution in [2.24, 2.45) is 0 Å². The summed E-state index contributed by atoms with van der Waals surface area (Å²) < 4.78 is 16.1. The Hall–Kier alpha value is -2.14. The summed E-state index contributed by atoms with van der Waals surface area (Å²) in [7, 11) is 0. The molecule has 2 aromatic rings. The predicted octanol–water partition coefficient (Wildman–Crippen LogP) is 1.95. The third kappa shape index (κ3) is 5.35. The Morgan fingerprint density at radius 3 is 1.63 bits per heavy atom. The van der Waals surface area contributed by atoms with E-state index in [-0.39, 0.29) is 0 Å². The second kappa shape index (κ2) is 8.05. The van der Waals surface area contributed by atoms with Gasteiger partial charge in [-0.2, -0.15) is 0 Å². The van der Waals surface area contributed by atoms with Crippen LogP contribution in [0.3, 0.4) is 0 Å². The van der Waals surface area contributed by atoms with E-state index < -0.39 is 0 Å². The molecule has 0 radical (unpaired) electrons. The van der Waals surface area contributed by atoms with Gasteiger partial charge in [0.05, 0.1) is 13.2 Å². The second-order valence-corrected chi connectivity index (χ2v) is 3.65. The average molecular weight is 260 g/mol. The Bertz CT molecular complexity index is 407. The zero-order valence-corrected chi connectivity index (χ0v) is 10.6. The molecule has 0 aliphatic carbocycles. The molecule has 0 spiro atoms. The van der Waals surface area contributed by atoms with Gasteiger partial charge in [0.2, 0.25) is 11.8 Å². The first kappa shape index (κ1) is 13.3. The van der Waals surface area contributed by atoms with E-state index in [1.54, 1.807) is 12.4 Å². The van der Waals surface area contributed by atoms with Crippen LogP contribution in [0, 0.1) is 0 Å². The molecule has 0 bridgehead atoms. The van der Waals surface area contributed by atoms with Crippen LogP contribution in [0.2, 0.25) is 0 Å². The lowest BCUT2D eigenvalue weighted by molar-refractivity contribution is 0.0742. The van der Waals surface area contributed by atoms with Gasteiger partial charge in [-0.3, -0.25) is 0 Å². The number of ether oxygens (including phenoxy) is 3. The Kier molecular flexibility index (Phi) is 5.63. The van der Waals surface area contributed by atoms with Gasteiger partial charge in [-0.25, -0.2) is 9.97 Å². The molecule has 0 fully saturated rings. The lowest BCUT2D eigenvalue weighted by Gasteiger charge is -2.07. The van der Waals surface area contributed by atoms with Gasteiger partial charge in [0.25, 0.3) is 0 Å². The zero-order valence-electron chi connectivity index (χ0n) is 10.6. The van der Waals surface area contributed by atoms with Gasteiger partial charge in [-0.05, 0) is 12.1 Å². The molecule has 0 aromatic carbocycles. The van der Waals surface area contributed by atoms with Gasteiger partial charge in [0.15, 0.2) is 0 Å². The molecule has 0 saturated heterocycles. The summed E-state index contributed by atoms with van der Waals surface area (Å²) in [5.74, 6) is 1.21. The van der Waals surface area contributed by atoms with Crippen LogP contribution in [-0.2, 0) is 4.74 Å². The largest absolute Gasteiger partial charge is 0.475 e. The molecule has 5 heteroatoms. The number of aromatic nitrogens is 2. The maximum absolute atomic E-state index is 5.38. The fourth-order valence-electron chi connectivity index (χ4n) is 1.38. The summed E-state index contributed by atoms with van der Waals surface area (Å²) in [5.41, 5.74) is 0. The van der Waals surface area contributed by atoms with Gasteiger partial charge in [0.1, 0.15) is 13.2 Å². The Morgan fingerprint density at radius 1 is 0.684 bits per heavy atom. The topological polar surface area (TPSA) is 53.5 Å². The molecule has 0 aliphatic rings. The van der Waals surface area contributed by atoms with E-state index in [0.717, 1.165) is 0 Å². The minimum Gasteiger partial charge on any atom is -0.475 e. The third-order valence-corrected chi connectivity index (χ3v) is 2.23. The van der Waals surface area contributed by atoms with Gasteiger partial charge in [0, 0.05) is 24.5 Å². The molecule has 0 unspecified atom stereocenters. The third-order valence-electron chi connectivity index (χ3n) is 2.23. The highest BCUT2D eigenvalue weighted by molar-refractivity contribution is 5.09. The molecular weight excluding hydrogens is 244 g/mol. The molecule has 2 aromatic heterocycles. The summed E-state index contributed by atoms with van der Waals surface area (Å²) in [6.07, 6.45) is 3.38. The standard InChI is InChI=1S/C14H16N2O3/c1-3-7-15-13(5-1)18-11-9-17-10-12-19-14-6-2-4-8-16-14/h1-8H,9-12H2. The fraction of sp³-hybridized carbons (Fsp3) is 0.286. The lowest BCUT2D eigenvalue weighted by Crippen LogP contribution is -2.12. The van der Waals surface area contributed by atoms with Crippen molar-refractivity contribution in [2.45, 2.75) is 0 Å². The first-order chi connectivity index (χ1) is 9.45. The van der Waals surface area contributed by atoms with Crippen LogP contribution in [0.4, 0.5) is 0 Å². The van der Waals surface area contributed by atoms with E-state index in [2.05, 4.69) is 9.97 Å². The van der Waals surface area contributed by atoms with Crippen LogP contribution < -0.4 is 9.47 Å². The van der Waals surface area contributed by atoms with Gasteiger partial charge in [-0.15, -0.1) is 0 Å². The number of rotatable bonds is 8. The lowest BCUT2D eigenvalue weighted by atomic mass is 10.5. The number of hydrogen-bond donors (Lipinski definition) is 0. The van der Waals surface area contributed by atoms with E-state index in [9.17, 15) is 0 Å². The van der Waals surface area contributed by atoms with Crippen molar-refractivity contribution in [2.75, 3.05) is 26.4 Å². The summed E-state index contributed by atoms with van der Waals surface area (Å²) in [6.45, 7) is 1.95. The predicted molar refractivity (Wildman–Crippen MR) is 70.3 cm³/mol. The maximum atomic E-state index is 5.38. The molecule has 5 nitrogen and oxygen atoms in total. The van der Waals surface area contributed by atoms with Crippen molar-refractivity contribution in [1.29, 1.82) is 0 Å². The minimum atomic E-state index is 0.473. The quantitative estimate of drug-likeness (QED) is 0.679. The molecule has 19 heavy (non-hydrogen) atoms. The first-order valence-corrected chi connectivity index (χ1v) is 6.10. The number of pyridine rings is 2. The monoisotopic (exact) mass is 260 g/mol. The van der Waals surface area contributed by atoms with Gasteiger partial charge >= 0.3 is 0 Å². The van der Waals surface area contributed by atoms with Crippen molar-refractivity contribution in [3.05, 3.63) is 48.8 Å². The summed E-state index contributed by atoms with van der Waals surface area (Å²) >= 11 is 0. The van der Waals surface area contributed by atoms with Crippen LogP contribution in [0.1, 0.15) is 0 Å². The van der Waals surface area contributed by atoms with E-state index in [0.29, 0.717) is 38.2 Å². The normalized spacial score (nSPS) is 10.1. The highest BCUT2D eigenvalue weighted by atomic mass is 16.5. The van der Waals surface area contributed by atoms with E-state index >= 15 is 0 Å². The zero-order chi connectivity index (χ0) is 13.2. The smallest absolute Gasteiger partial charge is 0.213 e. The van der Waals surface area contributed by atoms with E-state index in [1.165, 1.54) is 0 Å². The molecular formula is C14H16N2O3. The molecule has 2 rings (SSSR count). The Morgan fingerprint density at radius 2 is 1.21 bits per heavy atom. The van der Waals surface area contributed by atoms with Crippen LogP contribution in [0.5, 0.6) is 11.8 Å². The van der Waals surface area contributed by atoms with Crippen molar-refractivity contribution in [3.8, 4) is 11.8 Å². The van der Waals surface area contributed by atoms with E-state index in [4.69, 9.17) is 14.2 Å². The van der Waals surface area contributed by atoms with E-state index in [1.807, 2.05) is 36.4 Å².